The summed E-state index contributed by atoms with van der Waals surface area (Å²) in [6.07, 6.45) is 0. The number of carbonyl (C=O) groups excluding carboxylic acids is 3. The van der Waals surface area contributed by atoms with Crippen molar-refractivity contribution in [2.75, 3.05) is 15.5 Å². The minimum atomic E-state index is -0.604. The van der Waals surface area contributed by atoms with Crippen LogP contribution in [0.25, 0.3) is 0 Å². The zero-order valence-electron chi connectivity index (χ0n) is 17.8. The Morgan fingerprint density at radius 1 is 0.879 bits per heavy atom. The predicted molar refractivity (Wildman–Crippen MR) is 126 cm³/mol. The standard InChI is InChI=1S/C25H19ClFN3O3/c1-14-4-3-5-20(15(14)2)30-24(32)21(26)22(25(30)33)28-18-10-6-16(7-11-18)23(31)29-19-12-8-17(27)9-13-19/h3-13,28H,1-2H3,(H,29,31). The Kier molecular flexibility index (Phi) is 5.98. The van der Waals surface area contributed by atoms with Gasteiger partial charge in [0.25, 0.3) is 17.7 Å². The van der Waals surface area contributed by atoms with Gasteiger partial charge in [0, 0.05) is 16.9 Å². The summed E-state index contributed by atoms with van der Waals surface area (Å²) in [4.78, 5) is 39.2. The summed E-state index contributed by atoms with van der Waals surface area (Å²) in [5, 5.41) is 5.35. The van der Waals surface area contributed by atoms with Crippen molar-refractivity contribution in [1.82, 2.24) is 0 Å². The number of anilines is 3. The number of rotatable bonds is 5. The third-order valence-corrected chi connectivity index (χ3v) is 5.71. The molecule has 1 aliphatic heterocycles. The van der Waals surface area contributed by atoms with Gasteiger partial charge in [-0.15, -0.1) is 0 Å². The molecule has 0 bridgehead atoms. The van der Waals surface area contributed by atoms with Gasteiger partial charge in [0.15, 0.2) is 0 Å². The molecule has 0 saturated carbocycles. The molecule has 0 fully saturated rings. The molecule has 4 rings (SSSR count). The molecule has 0 unspecified atom stereocenters. The normalized spacial score (nSPS) is 13.5. The number of hydrogen-bond donors (Lipinski definition) is 2. The van der Waals surface area contributed by atoms with Crippen LogP contribution in [-0.2, 0) is 9.59 Å². The SMILES string of the molecule is Cc1cccc(N2C(=O)C(Cl)=C(Nc3ccc(C(=O)Nc4ccc(F)cc4)cc3)C2=O)c1C. The molecule has 0 atom stereocenters. The summed E-state index contributed by atoms with van der Waals surface area (Å²) in [7, 11) is 0. The highest BCUT2D eigenvalue weighted by molar-refractivity contribution is 6.53. The van der Waals surface area contributed by atoms with E-state index in [1.54, 1.807) is 36.4 Å². The van der Waals surface area contributed by atoms with E-state index < -0.39 is 17.6 Å². The summed E-state index contributed by atoms with van der Waals surface area (Å²) < 4.78 is 13.0. The zero-order valence-corrected chi connectivity index (χ0v) is 18.5. The summed E-state index contributed by atoms with van der Waals surface area (Å²) >= 11 is 6.21. The lowest BCUT2D eigenvalue weighted by Crippen LogP contribution is -2.33. The maximum absolute atomic E-state index is 13.0. The Hall–Kier alpha value is -3.97. The van der Waals surface area contributed by atoms with E-state index >= 15 is 0 Å². The molecular formula is C25H19ClFN3O3. The van der Waals surface area contributed by atoms with Crippen LogP contribution in [0.4, 0.5) is 21.5 Å². The fraction of sp³-hybridized carbons (Fsp3) is 0.0800. The van der Waals surface area contributed by atoms with Crippen LogP contribution in [0, 0.1) is 19.7 Å². The van der Waals surface area contributed by atoms with Gasteiger partial charge in [-0.1, -0.05) is 23.7 Å². The van der Waals surface area contributed by atoms with E-state index in [1.165, 1.54) is 24.3 Å². The Bertz CT molecular complexity index is 1300. The lowest BCUT2D eigenvalue weighted by atomic mass is 10.1. The largest absolute Gasteiger partial charge is 0.350 e. The highest BCUT2D eigenvalue weighted by atomic mass is 35.5. The Balaban J connectivity index is 1.50. The quantitative estimate of drug-likeness (QED) is 0.514. The van der Waals surface area contributed by atoms with Crippen LogP contribution >= 0.6 is 11.6 Å². The fourth-order valence-electron chi connectivity index (χ4n) is 3.39. The van der Waals surface area contributed by atoms with Gasteiger partial charge in [0.05, 0.1) is 5.69 Å². The number of imide groups is 1. The molecule has 3 amide bonds. The molecule has 0 spiro atoms. The van der Waals surface area contributed by atoms with Gasteiger partial charge in [-0.3, -0.25) is 14.4 Å². The summed E-state index contributed by atoms with van der Waals surface area (Å²) in [6.45, 7) is 3.73. The van der Waals surface area contributed by atoms with E-state index in [-0.39, 0.29) is 16.6 Å². The maximum Gasteiger partial charge on any atom is 0.283 e. The molecule has 0 radical (unpaired) electrons. The van der Waals surface area contributed by atoms with E-state index in [0.717, 1.165) is 16.0 Å². The molecule has 3 aromatic carbocycles. The Morgan fingerprint density at radius 3 is 2.18 bits per heavy atom. The monoisotopic (exact) mass is 463 g/mol. The number of halogens is 2. The number of aryl methyl sites for hydroxylation is 1. The van der Waals surface area contributed by atoms with Gasteiger partial charge >= 0.3 is 0 Å². The van der Waals surface area contributed by atoms with Gasteiger partial charge in [-0.05, 0) is 79.6 Å². The third-order valence-electron chi connectivity index (χ3n) is 5.36. The van der Waals surface area contributed by atoms with Gasteiger partial charge in [0.2, 0.25) is 0 Å². The van der Waals surface area contributed by atoms with Crippen molar-refractivity contribution in [3.63, 3.8) is 0 Å². The molecule has 0 saturated heterocycles. The van der Waals surface area contributed by atoms with Crippen LogP contribution in [0.15, 0.2) is 77.5 Å². The number of nitrogens with one attached hydrogen (secondary N) is 2. The molecule has 0 aliphatic carbocycles. The Labute approximate surface area is 194 Å². The predicted octanol–water partition coefficient (Wildman–Crippen LogP) is 5.13. The highest BCUT2D eigenvalue weighted by Gasteiger charge is 2.39. The average Bonchev–Trinajstić information content (AvgIpc) is 3.01. The lowest BCUT2D eigenvalue weighted by Gasteiger charge is -2.18. The molecule has 1 aliphatic rings. The smallest absolute Gasteiger partial charge is 0.283 e. The number of hydrogen-bond acceptors (Lipinski definition) is 4. The van der Waals surface area contributed by atoms with Gasteiger partial charge in [-0.25, -0.2) is 9.29 Å². The van der Waals surface area contributed by atoms with E-state index in [9.17, 15) is 18.8 Å². The molecule has 166 valence electrons. The molecule has 8 heteroatoms. The zero-order chi connectivity index (χ0) is 23.7. The topological polar surface area (TPSA) is 78.5 Å². The molecule has 0 aromatic heterocycles. The third kappa shape index (κ3) is 4.36. The minimum absolute atomic E-state index is 0.0360. The number of nitrogens with zero attached hydrogens (tertiary/aromatic N) is 1. The first-order valence-corrected chi connectivity index (χ1v) is 10.4. The van der Waals surface area contributed by atoms with Crippen LogP contribution < -0.4 is 15.5 Å². The van der Waals surface area contributed by atoms with Crippen LogP contribution in [0.3, 0.4) is 0 Å². The van der Waals surface area contributed by atoms with Gasteiger partial charge in [-0.2, -0.15) is 0 Å². The van der Waals surface area contributed by atoms with Crippen LogP contribution in [-0.4, -0.2) is 17.7 Å². The summed E-state index contributed by atoms with van der Waals surface area (Å²) in [5.74, 6) is -1.93. The van der Waals surface area contributed by atoms with E-state index in [2.05, 4.69) is 10.6 Å². The van der Waals surface area contributed by atoms with E-state index in [0.29, 0.717) is 22.6 Å². The number of carbonyl (C=O) groups is 3. The second-order valence-corrected chi connectivity index (χ2v) is 7.90. The number of amides is 3. The first-order valence-electron chi connectivity index (χ1n) is 10.0. The van der Waals surface area contributed by atoms with Gasteiger partial charge in [0.1, 0.15) is 16.5 Å². The maximum atomic E-state index is 13.0. The summed E-state index contributed by atoms with van der Waals surface area (Å²) in [5.41, 5.74) is 3.49. The van der Waals surface area contributed by atoms with Crippen molar-refractivity contribution in [2.24, 2.45) is 0 Å². The van der Waals surface area contributed by atoms with Crippen LogP contribution in [0.5, 0.6) is 0 Å². The van der Waals surface area contributed by atoms with E-state index in [4.69, 9.17) is 11.6 Å². The first kappa shape index (κ1) is 22.2. The Morgan fingerprint density at radius 2 is 1.52 bits per heavy atom. The molecule has 2 N–H and O–H groups in total. The molecular weight excluding hydrogens is 445 g/mol. The van der Waals surface area contributed by atoms with Gasteiger partial charge < -0.3 is 10.6 Å². The highest BCUT2D eigenvalue weighted by Crippen LogP contribution is 2.32. The molecule has 1 heterocycles. The van der Waals surface area contributed by atoms with E-state index in [1.807, 2.05) is 19.9 Å². The molecule has 33 heavy (non-hydrogen) atoms. The number of benzene rings is 3. The van der Waals surface area contributed by atoms with Crippen molar-refractivity contribution in [3.8, 4) is 0 Å². The lowest BCUT2D eigenvalue weighted by molar-refractivity contribution is -0.120. The van der Waals surface area contributed by atoms with Crippen molar-refractivity contribution in [3.05, 3.63) is 100.0 Å². The minimum Gasteiger partial charge on any atom is -0.350 e. The van der Waals surface area contributed by atoms with Crippen molar-refractivity contribution in [1.29, 1.82) is 0 Å². The van der Waals surface area contributed by atoms with Crippen molar-refractivity contribution < 1.29 is 18.8 Å². The van der Waals surface area contributed by atoms with Crippen LogP contribution in [0.1, 0.15) is 21.5 Å². The van der Waals surface area contributed by atoms with Crippen LogP contribution in [0.2, 0.25) is 0 Å². The van der Waals surface area contributed by atoms with Crippen molar-refractivity contribution >= 4 is 46.4 Å². The molecule has 3 aromatic rings. The first-order chi connectivity index (χ1) is 15.8. The fourth-order valence-corrected chi connectivity index (χ4v) is 3.61. The summed E-state index contributed by atoms with van der Waals surface area (Å²) in [6, 6.07) is 17.1. The second-order valence-electron chi connectivity index (χ2n) is 7.52. The second kappa shape index (κ2) is 8.88. The molecule has 6 nitrogen and oxygen atoms in total. The van der Waals surface area contributed by atoms with Crippen molar-refractivity contribution in [2.45, 2.75) is 13.8 Å². The average molecular weight is 464 g/mol.